The van der Waals surface area contributed by atoms with Gasteiger partial charge in [0.05, 0.1) is 24.3 Å². The van der Waals surface area contributed by atoms with E-state index < -0.39 is 5.09 Å². The Morgan fingerprint density at radius 3 is 2.81 bits per heavy atom. The average Bonchev–Trinajstić information content (AvgIpc) is 2.99. The lowest BCUT2D eigenvalue weighted by molar-refractivity contribution is -0.742. The summed E-state index contributed by atoms with van der Waals surface area (Å²) in [6, 6.07) is 8.17. The second-order valence-corrected chi connectivity index (χ2v) is 6.43. The summed E-state index contributed by atoms with van der Waals surface area (Å²) >= 11 is 0. The first-order chi connectivity index (χ1) is 12.2. The summed E-state index contributed by atoms with van der Waals surface area (Å²) in [6.45, 7) is 5.81. The van der Waals surface area contributed by atoms with Crippen LogP contribution in [-0.4, -0.2) is 31.4 Å². The molecule has 0 saturated heterocycles. The predicted octanol–water partition coefficient (Wildman–Crippen LogP) is 2.75. The van der Waals surface area contributed by atoms with Gasteiger partial charge < -0.3 is 19.2 Å². The molecule has 140 valence electrons. The zero-order chi connectivity index (χ0) is 19.3. The number of hydrogen-bond donors (Lipinski definition) is 1. The molecule has 0 amide bonds. The normalized spacial score (nSPS) is 17.1. The number of carbonyl (C=O) groups excluding carboxylic acids is 1. The third-order valence-corrected chi connectivity index (χ3v) is 3.85. The van der Waals surface area contributed by atoms with Crippen LogP contribution in [0.25, 0.3) is 0 Å². The Labute approximate surface area is 150 Å². The molecule has 1 N–H and O–H groups in total. The molecule has 9 heteroatoms. The molecule has 1 atom stereocenters. The van der Waals surface area contributed by atoms with Gasteiger partial charge in [0, 0.05) is 18.9 Å². The topological polar surface area (TPSA) is 117 Å². The van der Waals surface area contributed by atoms with Gasteiger partial charge in [0.25, 0.3) is 5.09 Å². The van der Waals surface area contributed by atoms with Gasteiger partial charge in [-0.1, -0.05) is 18.2 Å². The summed E-state index contributed by atoms with van der Waals surface area (Å²) in [6.07, 6.45) is 4.36. The van der Waals surface area contributed by atoms with Crippen molar-refractivity contribution < 1.29 is 24.6 Å². The molecule has 9 nitrogen and oxygen atoms in total. The molecular formula is C17H21N3O6. The van der Waals surface area contributed by atoms with Crippen molar-refractivity contribution in [3.8, 4) is 5.75 Å². The second-order valence-electron chi connectivity index (χ2n) is 6.43. The fraction of sp³-hybridized carbons (Fsp3) is 0.412. The fourth-order valence-corrected chi connectivity index (χ4v) is 2.91. The number of esters is 1. The quantitative estimate of drug-likeness (QED) is 0.506. The molecule has 3 rings (SSSR count). The molecule has 0 aliphatic carbocycles. The number of fused-ring (bicyclic) bond motifs is 1. The van der Waals surface area contributed by atoms with E-state index in [4.69, 9.17) is 24.8 Å². The van der Waals surface area contributed by atoms with Crippen molar-refractivity contribution in [2.75, 3.05) is 0 Å². The summed E-state index contributed by atoms with van der Waals surface area (Å²) in [5, 5.41) is 13.6. The van der Waals surface area contributed by atoms with Crippen LogP contribution in [0.5, 0.6) is 5.75 Å². The maximum absolute atomic E-state index is 11.1. The van der Waals surface area contributed by atoms with Crippen molar-refractivity contribution >= 4 is 5.97 Å². The smallest absolute Gasteiger partial charge is 0.303 e. The summed E-state index contributed by atoms with van der Waals surface area (Å²) in [4.78, 5) is 23.6. The first kappa shape index (κ1) is 19.2. The van der Waals surface area contributed by atoms with Crippen LogP contribution in [0.15, 0.2) is 36.8 Å². The van der Waals surface area contributed by atoms with Crippen LogP contribution in [0, 0.1) is 10.1 Å². The zero-order valence-corrected chi connectivity index (χ0v) is 14.8. The molecule has 26 heavy (non-hydrogen) atoms. The standard InChI is InChI=1S/C17H20N2O3.HNO3/c1-12(20)21-10-13-9-18-11-19(13)15-8-17(2,3)22-16-7-5-4-6-14(15)16;2-1(3)4/h4-7,9,11,15H,8,10H2,1-3H3;(H,2,3,4). The maximum atomic E-state index is 11.1. The van der Waals surface area contributed by atoms with Crippen LogP contribution >= 0.6 is 0 Å². The Hall–Kier alpha value is -3.10. The highest BCUT2D eigenvalue weighted by molar-refractivity contribution is 5.65. The van der Waals surface area contributed by atoms with Crippen molar-refractivity contribution in [3.63, 3.8) is 0 Å². The van der Waals surface area contributed by atoms with E-state index in [1.165, 1.54) is 6.92 Å². The first-order valence-corrected chi connectivity index (χ1v) is 7.95. The monoisotopic (exact) mass is 363 g/mol. The number of para-hydroxylation sites is 1. The highest BCUT2D eigenvalue weighted by Crippen LogP contribution is 2.41. The van der Waals surface area contributed by atoms with Crippen molar-refractivity contribution in [1.29, 1.82) is 0 Å². The number of nitrogens with zero attached hydrogens (tertiary/aromatic N) is 3. The fourth-order valence-electron chi connectivity index (χ4n) is 2.91. The molecule has 1 unspecified atom stereocenters. The summed E-state index contributed by atoms with van der Waals surface area (Å²) in [5.74, 6) is 0.608. The minimum absolute atomic E-state index is 0.119. The molecule has 0 radical (unpaired) electrons. The minimum atomic E-state index is -1.50. The van der Waals surface area contributed by atoms with Gasteiger partial charge in [-0.3, -0.25) is 4.79 Å². The summed E-state index contributed by atoms with van der Waals surface area (Å²) < 4.78 is 13.3. The predicted molar refractivity (Wildman–Crippen MR) is 90.4 cm³/mol. The average molecular weight is 363 g/mol. The van der Waals surface area contributed by atoms with E-state index in [0.29, 0.717) is 0 Å². The van der Waals surface area contributed by atoms with Gasteiger partial charge in [0.2, 0.25) is 0 Å². The number of aromatic nitrogens is 2. The van der Waals surface area contributed by atoms with Crippen molar-refractivity contribution in [3.05, 3.63) is 58.2 Å². The molecule has 1 aliphatic rings. The van der Waals surface area contributed by atoms with Gasteiger partial charge in [-0.15, -0.1) is 10.1 Å². The molecule has 2 heterocycles. The van der Waals surface area contributed by atoms with Crippen molar-refractivity contribution in [1.82, 2.24) is 9.55 Å². The number of rotatable bonds is 3. The van der Waals surface area contributed by atoms with E-state index in [-0.39, 0.29) is 24.2 Å². The van der Waals surface area contributed by atoms with Crippen LogP contribution in [0.2, 0.25) is 0 Å². The Morgan fingerprint density at radius 1 is 1.50 bits per heavy atom. The Balaban J connectivity index is 0.000000552. The molecule has 0 fully saturated rings. The lowest BCUT2D eigenvalue weighted by Gasteiger charge is -2.38. The molecule has 1 aliphatic heterocycles. The van der Waals surface area contributed by atoms with Crippen LogP contribution in [0.4, 0.5) is 0 Å². The number of carbonyl (C=O) groups is 1. The van der Waals surface area contributed by atoms with Crippen LogP contribution in [0.1, 0.15) is 44.5 Å². The van der Waals surface area contributed by atoms with Crippen molar-refractivity contribution in [2.45, 2.75) is 45.4 Å². The summed E-state index contributed by atoms with van der Waals surface area (Å²) in [5.41, 5.74) is 1.75. The zero-order valence-electron chi connectivity index (χ0n) is 14.8. The van der Waals surface area contributed by atoms with E-state index in [1.807, 2.05) is 18.2 Å². The lowest BCUT2D eigenvalue weighted by atomic mass is 9.89. The van der Waals surface area contributed by atoms with Gasteiger partial charge in [-0.2, -0.15) is 0 Å². The maximum Gasteiger partial charge on any atom is 0.303 e. The van der Waals surface area contributed by atoms with Crippen molar-refractivity contribution in [2.24, 2.45) is 0 Å². The molecule has 1 aromatic carbocycles. The molecule has 0 spiro atoms. The third kappa shape index (κ3) is 4.95. The number of hydrogen-bond acceptors (Lipinski definition) is 6. The van der Waals surface area contributed by atoms with E-state index in [1.54, 1.807) is 12.5 Å². The third-order valence-electron chi connectivity index (χ3n) is 3.85. The molecule has 0 saturated carbocycles. The number of imidazole rings is 1. The van der Waals surface area contributed by atoms with Crippen LogP contribution < -0.4 is 4.74 Å². The van der Waals surface area contributed by atoms with Crippen LogP contribution in [-0.2, 0) is 16.1 Å². The van der Waals surface area contributed by atoms with E-state index >= 15 is 0 Å². The molecule has 1 aromatic heterocycles. The molecule has 2 aromatic rings. The number of ether oxygens (including phenoxy) is 2. The largest absolute Gasteiger partial charge is 0.487 e. The highest BCUT2D eigenvalue weighted by atomic mass is 16.9. The van der Waals surface area contributed by atoms with Gasteiger partial charge in [-0.05, 0) is 19.9 Å². The van der Waals surface area contributed by atoms with E-state index in [9.17, 15) is 4.79 Å². The second kappa shape index (κ2) is 7.85. The van der Waals surface area contributed by atoms with Gasteiger partial charge >= 0.3 is 5.97 Å². The Kier molecular flexibility index (Phi) is 5.81. The van der Waals surface area contributed by atoms with E-state index in [2.05, 4.69) is 29.5 Å². The molecular weight excluding hydrogens is 342 g/mol. The van der Waals surface area contributed by atoms with E-state index in [0.717, 1.165) is 23.4 Å². The first-order valence-electron chi connectivity index (χ1n) is 7.95. The van der Waals surface area contributed by atoms with Gasteiger partial charge in [-0.25, -0.2) is 4.98 Å². The highest BCUT2D eigenvalue weighted by Gasteiger charge is 2.35. The Bertz CT molecular complexity index is 782. The minimum Gasteiger partial charge on any atom is -0.487 e. The lowest BCUT2D eigenvalue weighted by Crippen LogP contribution is -2.37. The molecule has 0 bridgehead atoms. The van der Waals surface area contributed by atoms with Gasteiger partial charge in [0.15, 0.2) is 0 Å². The van der Waals surface area contributed by atoms with Crippen LogP contribution in [0.3, 0.4) is 0 Å². The Morgan fingerprint density at radius 2 is 2.15 bits per heavy atom. The van der Waals surface area contributed by atoms with Gasteiger partial charge in [0.1, 0.15) is 18.0 Å². The number of benzene rings is 1. The summed E-state index contributed by atoms with van der Waals surface area (Å²) in [7, 11) is 0. The SMILES string of the molecule is CC(=O)OCc1cncn1C1CC(C)(C)Oc2ccccc21.O=[N+]([O-])O.